The maximum atomic E-state index is 11.8. The van der Waals surface area contributed by atoms with Crippen LogP contribution in [-0.2, 0) is 9.84 Å². The summed E-state index contributed by atoms with van der Waals surface area (Å²) in [6.07, 6.45) is 3.59. The molecule has 1 aromatic rings. The molecule has 0 atom stereocenters. The van der Waals surface area contributed by atoms with E-state index in [9.17, 15) is 13.2 Å². The van der Waals surface area contributed by atoms with Gasteiger partial charge in [0, 0.05) is 37.1 Å². The molecule has 1 aromatic carbocycles. The predicted octanol–water partition coefficient (Wildman–Crippen LogP) is 1.06. The van der Waals surface area contributed by atoms with E-state index >= 15 is 0 Å². The highest BCUT2D eigenvalue weighted by Gasteiger charge is 2.13. The van der Waals surface area contributed by atoms with Gasteiger partial charge in [-0.1, -0.05) is 0 Å². The Bertz CT molecular complexity index is 561. The fraction of sp³-hybridized carbons (Fsp3) is 0.500. The third kappa shape index (κ3) is 4.23. The van der Waals surface area contributed by atoms with Crippen molar-refractivity contribution in [2.24, 2.45) is 0 Å². The molecule has 0 spiro atoms. The summed E-state index contributed by atoms with van der Waals surface area (Å²) in [5.41, 5.74) is 1.69. The molecule has 1 aliphatic heterocycles. The van der Waals surface area contributed by atoms with E-state index in [0.717, 1.165) is 25.0 Å². The van der Waals surface area contributed by atoms with Gasteiger partial charge in [0.1, 0.15) is 9.84 Å². The van der Waals surface area contributed by atoms with Gasteiger partial charge in [0.2, 0.25) is 0 Å². The van der Waals surface area contributed by atoms with Crippen LogP contribution in [-0.4, -0.2) is 46.0 Å². The van der Waals surface area contributed by atoms with E-state index < -0.39 is 9.84 Å². The summed E-state index contributed by atoms with van der Waals surface area (Å²) in [4.78, 5) is 14.1. The Morgan fingerprint density at radius 2 is 1.80 bits per heavy atom. The second kappa shape index (κ2) is 6.26. The molecule has 5 nitrogen and oxygen atoms in total. The number of carbonyl (C=O) groups is 1. The van der Waals surface area contributed by atoms with Gasteiger partial charge in [0.15, 0.2) is 0 Å². The third-order valence-corrected chi connectivity index (χ3v) is 4.30. The highest BCUT2D eigenvalue weighted by atomic mass is 32.2. The molecule has 1 heterocycles. The minimum Gasteiger partial charge on any atom is -0.372 e. The highest BCUT2D eigenvalue weighted by molar-refractivity contribution is 7.90. The number of sulfone groups is 1. The van der Waals surface area contributed by atoms with Gasteiger partial charge in [-0.2, -0.15) is 0 Å². The Morgan fingerprint density at radius 1 is 1.20 bits per heavy atom. The molecule has 2 rings (SSSR count). The van der Waals surface area contributed by atoms with Crippen molar-refractivity contribution < 1.29 is 13.2 Å². The first-order chi connectivity index (χ1) is 9.46. The summed E-state index contributed by atoms with van der Waals surface area (Å²) >= 11 is 0. The largest absolute Gasteiger partial charge is 0.372 e. The number of rotatable bonds is 5. The van der Waals surface area contributed by atoms with Crippen LogP contribution in [0.4, 0.5) is 5.69 Å². The Labute approximate surface area is 119 Å². The van der Waals surface area contributed by atoms with Crippen LogP contribution in [0.5, 0.6) is 0 Å². The van der Waals surface area contributed by atoms with Crippen molar-refractivity contribution in [3.05, 3.63) is 29.8 Å². The first kappa shape index (κ1) is 14.8. The number of carbonyl (C=O) groups excluding carboxylic acids is 1. The van der Waals surface area contributed by atoms with E-state index in [-0.39, 0.29) is 18.2 Å². The minimum atomic E-state index is -3.04. The van der Waals surface area contributed by atoms with Crippen molar-refractivity contribution in [3.63, 3.8) is 0 Å². The van der Waals surface area contributed by atoms with Crippen molar-refractivity contribution in [1.29, 1.82) is 0 Å². The molecule has 0 unspecified atom stereocenters. The molecule has 0 bridgehead atoms. The number of hydrogen-bond acceptors (Lipinski definition) is 4. The van der Waals surface area contributed by atoms with Crippen LogP contribution < -0.4 is 10.2 Å². The molecular weight excluding hydrogens is 276 g/mol. The number of hydrogen-bond donors (Lipinski definition) is 1. The molecule has 1 saturated heterocycles. The van der Waals surface area contributed by atoms with E-state index in [2.05, 4.69) is 10.2 Å². The van der Waals surface area contributed by atoms with Crippen molar-refractivity contribution in [3.8, 4) is 0 Å². The fourth-order valence-corrected chi connectivity index (χ4v) is 2.72. The van der Waals surface area contributed by atoms with Crippen molar-refractivity contribution >= 4 is 21.4 Å². The van der Waals surface area contributed by atoms with Crippen molar-refractivity contribution in [2.45, 2.75) is 12.8 Å². The zero-order valence-corrected chi connectivity index (χ0v) is 12.4. The van der Waals surface area contributed by atoms with E-state index in [4.69, 9.17) is 0 Å². The smallest absolute Gasteiger partial charge is 0.251 e. The standard InChI is InChI=1S/C14H20N2O3S/c1-20(18,19)11-8-15-14(17)12-4-6-13(7-5-12)16-9-2-3-10-16/h4-7H,2-3,8-11H2,1H3,(H,15,17). The zero-order valence-electron chi connectivity index (χ0n) is 11.6. The minimum absolute atomic E-state index is 0.0371. The topological polar surface area (TPSA) is 66.5 Å². The van der Waals surface area contributed by atoms with Crippen molar-refractivity contribution in [2.75, 3.05) is 36.5 Å². The highest BCUT2D eigenvalue weighted by Crippen LogP contribution is 2.20. The Hall–Kier alpha value is -1.56. The fourth-order valence-electron chi connectivity index (χ4n) is 2.25. The Kier molecular flexibility index (Phi) is 4.65. The lowest BCUT2D eigenvalue weighted by Crippen LogP contribution is -2.28. The van der Waals surface area contributed by atoms with Crippen LogP contribution in [0.25, 0.3) is 0 Å². The summed E-state index contributed by atoms with van der Waals surface area (Å²) in [5, 5.41) is 2.61. The summed E-state index contributed by atoms with van der Waals surface area (Å²) in [6.45, 7) is 2.28. The lowest BCUT2D eigenvalue weighted by molar-refractivity contribution is 0.0956. The summed E-state index contributed by atoms with van der Waals surface area (Å²) in [5.74, 6) is -0.272. The van der Waals surface area contributed by atoms with Crippen LogP contribution in [0.15, 0.2) is 24.3 Å². The number of amides is 1. The van der Waals surface area contributed by atoms with Gasteiger partial charge in [-0.3, -0.25) is 4.79 Å². The monoisotopic (exact) mass is 296 g/mol. The molecule has 1 aliphatic rings. The first-order valence-corrected chi connectivity index (χ1v) is 8.83. The lowest BCUT2D eigenvalue weighted by atomic mass is 10.2. The van der Waals surface area contributed by atoms with Crippen LogP contribution in [0.2, 0.25) is 0 Å². The lowest BCUT2D eigenvalue weighted by Gasteiger charge is -2.17. The molecule has 0 saturated carbocycles. The molecule has 0 radical (unpaired) electrons. The van der Waals surface area contributed by atoms with Crippen LogP contribution in [0.3, 0.4) is 0 Å². The molecule has 1 fully saturated rings. The second-order valence-electron chi connectivity index (χ2n) is 5.13. The van der Waals surface area contributed by atoms with Crippen LogP contribution >= 0.6 is 0 Å². The van der Waals surface area contributed by atoms with E-state index in [1.807, 2.05) is 12.1 Å². The van der Waals surface area contributed by atoms with Gasteiger partial charge in [0.25, 0.3) is 5.91 Å². The third-order valence-electron chi connectivity index (χ3n) is 3.36. The summed E-state index contributed by atoms with van der Waals surface area (Å²) in [6, 6.07) is 7.44. The number of nitrogens with one attached hydrogen (secondary N) is 1. The molecule has 110 valence electrons. The number of anilines is 1. The Balaban J connectivity index is 1.90. The number of benzene rings is 1. The molecular formula is C14H20N2O3S. The zero-order chi connectivity index (χ0) is 14.6. The average molecular weight is 296 g/mol. The quantitative estimate of drug-likeness (QED) is 0.882. The van der Waals surface area contributed by atoms with Crippen LogP contribution in [0.1, 0.15) is 23.2 Å². The average Bonchev–Trinajstić information content (AvgIpc) is 2.91. The maximum Gasteiger partial charge on any atom is 0.251 e. The Morgan fingerprint density at radius 3 is 2.35 bits per heavy atom. The molecule has 6 heteroatoms. The first-order valence-electron chi connectivity index (χ1n) is 6.77. The van der Waals surface area contributed by atoms with Gasteiger partial charge >= 0.3 is 0 Å². The normalized spacial score (nSPS) is 15.3. The molecule has 0 aliphatic carbocycles. The predicted molar refractivity (Wildman–Crippen MR) is 79.9 cm³/mol. The van der Waals surface area contributed by atoms with Crippen LogP contribution in [0, 0.1) is 0 Å². The maximum absolute atomic E-state index is 11.8. The molecule has 1 N–H and O–H groups in total. The van der Waals surface area contributed by atoms with E-state index in [1.54, 1.807) is 12.1 Å². The van der Waals surface area contributed by atoms with Gasteiger partial charge in [0.05, 0.1) is 5.75 Å². The second-order valence-corrected chi connectivity index (χ2v) is 7.39. The van der Waals surface area contributed by atoms with E-state index in [1.165, 1.54) is 12.8 Å². The van der Waals surface area contributed by atoms with Gasteiger partial charge in [-0.05, 0) is 37.1 Å². The van der Waals surface area contributed by atoms with Gasteiger partial charge in [-0.25, -0.2) is 8.42 Å². The molecule has 0 aromatic heterocycles. The SMILES string of the molecule is CS(=O)(=O)CCNC(=O)c1ccc(N2CCCC2)cc1. The van der Waals surface area contributed by atoms with E-state index in [0.29, 0.717) is 5.56 Å². The summed E-state index contributed by atoms with van der Waals surface area (Å²) in [7, 11) is -3.04. The van der Waals surface area contributed by atoms with Crippen molar-refractivity contribution in [1.82, 2.24) is 5.32 Å². The van der Waals surface area contributed by atoms with Gasteiger partial charge < -0.3 is 10.2 Å². The molecule has 20 heavy (non-hydrogen) atoms. The van der Waals surface area contributed by atoms with Gasteiger partial charge in [-0.15, -0.1) is 0 Å². The number of nitrogens with zero attached hydrogens (tertiary/aromatic N) is 1. The molecule has 1 amide bonds. The summed E-state index contributed by atoms with van der Waals surface area (Å²) < 4.78 is 22.0.